The van der Waals surface area contributed by atoms with Crippen molar-refractivity contribution < 1.29 is 23.9 Å². The van der Waals surface area contributed by atoms with Crippen LogP contribution in [0.25, 0.3) is 0 Å². The smallest absolute Gasteiger partial charge is 0.411 e. The van der Waals surface area contributed by atoms with E-state index in [0.717, 1.165) is 11.1 Å². The van der Waals surface area contributed by atoms with E-state index >= 15 is 0 Å². The third-order valence-electron chi connectivity index (χ3n) is 4.17. The number of amides is 3. The van der Waals surface area contributed by atoms with Crippen LogP contribution in [0.1, 0.15) is 35.3 Å². The van der Waals surface area contributed by atoms with Crippen molar-refractivity contribution in [1.29, 1.82) is 0 Å². The highest BCUT2D eigenvalue weighted by atomic mass is 16.5. The average Bonchev–Trinajstić information content (AvgIpc) is 2.69. The first-order chi connectivity index (χ1) is 13.8. The van der Waals surface area contributed by atoms with E-state index in [1.807, 2.05) is 26.0 Å². The minimum absolute atomic E-state index is 0.236. The van der Waals surface area contributed by atoms with Crippen molar-refractivity contribution in [2.75, 3.05) is 11.9 Å². The lowest BCUT2D eigenvalue weighted by atomic mass is 10.1. The molecule has 0 saturated heterocycles. The van der Waals surface area contributed by atoms with Crippen molar-refractivity contribution in [2.24, 2.45) is 0 Å². The van der Waals surface area contributed by atoms with Crippen LogP contribution in [-0.2, 0) is 9.53 Å². The number of benzene rings is 2. The van der Waals surface area contributed by atoms with Crippen LogP contribution in [-0.4, -0.2) is 30.6 Å². The van der Waals surface area contributed by atoms with Crippen LogP contribution in [0.2, 0.25) is 0 Å². The van der Waals surface area contributed by atoms with E-state index in [-0.39, 0.29) is 12.2 Å². The van der Waals surface area contributed by atoms with Crippen molar-refractivity contribution in [2.45, 2.75) is 33.8 Å². The minimum Gasteiger partial charge on any atom is -0.481 e. The molecule has 0 aromatic heterocycles. The molecule has 0 bridgehead atoms. The van der Waals surface area contributed by atoms with Gasteiger partial charge in [-0.05, 0) is 63.1 Å². The molecule has 0 aliphatic heterocycles. The zero-order valence-corrected chi connectivity index (χ0v) is 16.9. The molecule has 0 spiro atoms. The van der Waals surface area contributed by atoms with Gasteiger partial charge in [0.05, 0.1) is 6.61 Å². The van der Waals surface area contributed by atoms with Crippen LogP contribution in [0.3, 0.4) is 0 Å². The topological polar surface area (TPSA) is 106 Å². The lowest BCUT2D eigenvalue weighted by Gasteiger charge is -2.17. The summed E-state index contributed by atoms with van der Waals surface area (Å²) in [6.45, 7) is 7.39. The molecule has 8 nitrogen and oxygen atoms in total. The first-order valence-electron chi connectivity index (χ1n) is 9.18. The summed E-state index contributed by atoms with van der Waals surface area (Å²) in [4.78, 5) is 36.0. The Hall–Kier alpha value is -3.55. The first-order valence-corrected chi connectivity index (χ1v) is 9.18. The van der Waals surface area contributed by atoms with Crippen molar-refractivity contribution in [3.63, 3.8) is 0 Å². The number of rotatable bonds is 6. The maximum atomic E-state index is 12.3. The predicted molar refractivity (Wildman–Crippen MR) is 109 cm³/mol. The van der Waals surface area contributed by atoms with Crippen molar-refractivity contribution >= 4 is 23.6 Å². The van der Waals surface area contributed by atoms with Gasteiger partial charge in [-0.15, -0.1) is 0 Å². The molecule has 3 amide bonds. The van der Waals surface area contributed by atoms with Gasteiger partial charge in [0.25, 0.3) is 11.8 Å². The molecule has 0 fully saturated rings. The van der Waals surface area contributed by atoms with Crippen LogP contribution in [0.5, 0.6) is 5.75 Å². The third kappa shape index (κ3) is 6.24. The standard InChI is InChI=1S/C21H25N3O5/c1-5-28-21(27)22-17-10-7-9-16(12-17)20(26)24-23-19(25)15(4)29-18-11-6-8-13(2)14(18)3/h6-12,15H,5H2,1-4H3,(H,22,27)(H,23,25)(H,24,26)/t15-/m0/s1. The summed E-state index contributed by atoms with van der Waals surface area (Å²) < 4.78 is 10.5. The van der Waals surface area contributed by atoms with E-state index in [1.165, 1.54) is 6.07 Å². The molecule has 2 aromatic rings. The number of hydrazine groups is 1. The number of carbonyl (C=O) groups excluding carboxylic acids is 3. The number of carbonyl (C=O) groups is 3. The van der Waals surface area contributed by atoms with E-state index in [0.29, 0.717) is 11.4 Å². The van der Waals surface area contributed by atoms with Crippen LogP contribution >= 0.6 is 0 Å². The number of ether oxygens (including phenoxy) is 2. The summed E-state index contributed by atoms with van der Waals surface area (Å²) in [5.74, 6) is -0.429. The first kappa shape index (κ1) is 21.7. The van der Waals surface area contributed by atoms with Gasteiger partial charge in [0.2, 0.25) is 0 Å². The molecule has 154 valence electrons. The summed E-state index contributed by atoms with van der Waals surface area (Å²) >= 11 is 0. The third-order valence-corrected chi connectivity index (χ3v) is 4.17. The molecule has 2 aromatic carbocycles. The summed E-state index contributed by atoms with van der Waals surface area (Å²) in [5.41, 5.74) is 7.33. The molecule has 3 N–H and O–H groups in total. The Morgan fingerprint density at radius 3 is 2.48 bits per heavy atom. The Morgan fingerprint density at radius 1 is 1.03 bits per heavy atom. The fourth-order valence-electron chi connectivity index (χ4n) is 2.41. The highest BCUT2D eigenvalue weighted by Crippen LogP contribution is 2.21. The second-order valence-corrected chi connectivity index (χ2v) is 6.33. The van der Waals surface area contributed by atoms with Gasteiger partial charge in [0, 0.05) is 11.3 Å². The number of nitrogens with one attached hydrogen (secondary N) is 3. The maximum Gasteiger partial charge on any atom is 0.411 e. The lowest BCUT2D eigenvalue weighted by Crippen LogP contribution is -2.47. The zero-order chi connectivity index (χ0) is 21.4. The Bertz CT molecular complexity index is 898. The summed E-state index contributed by atoms with van der Waals surface area (Å²) in [7, 11) is 0. The van der Waals surface area contributed by atoms with Gasteiger partial charge >= 0.3 is 6.09 Å². The fourth-order valence-corrected chi connectivity index (χ4v) is 2.41. The predicted octanol–water partition coefficient (Wildman–Crippen LogP) is 3.10. The van der Waals surface area contributed by atoms with Gasteiger partial charge in [0.1, 0.15) is 5.75 Å². The molecule has 0 unspecified atom stereocenters. The fraction of sp³-hybridized carbons (Fsp3) is 0.286. The van der Waals surface area contributed by atoms with Gasteiger partial charge in [0.15, 0.2) is 6.10 Å². The van der Waals surface area contributed by atoms with Crippen LogP contribution in [0.15, 0.2) is 42.5 Å². The molecular formula is C21H25N3O5. The van der Waals surface area contributed by atoms with Crippen molar-refractivity contribution in [1.82, 2.24) is 10.9 Å². The molecular weight excluding hydrogens is 374 g/mol. The van der Waals surface area contributed by atoms with Gasteiger partial charge in [-0.3, -0.25) is 25.8 Å². The lowest BCUT2D eigenvalue weighted by molar-refractivity contribution is -0.128. The Morgan fingerprint density at radius 2 is 1.76 bits per heavy atom. The molecule has 0 radical (unpaired) electrons. The molecule has 1 atom stereocenters. The number of hydrogen-bond acceptors (Lipinski definition) is 5. The van der Waals surface area contributed by atoms with E-state index in [1.54, 1.807) is 38.1 Å². The highest BCUT2D eigenvalue weighted by molar-refractivity contribution is 5.97. The van der Waals surface area contributed by atoms with E-state index < -0.39 is 24.0 Å². The Kier molecular flexibility index (Phi) is 7.59. The van der Waals surface area contributed by atoms with Gasteiger partial charge in [-0.1, -0.05) is 18.2 Å². The normalized spacial score (nSPS) is 11.2. The SMILES string of the molecule is CCOC(=O)Nc1cccc(C(=O)NNC(=O)[C@H](C)Oc2cccc(C)c2C)c1. The van der Waals surface area contributed by atoms with Crippen LogP contribution in [0, 0.1) is 13.8 Å². The van der Waals surface area contributed by atoms with E-state index in [2.05, 4.69) is 16.2 Å². The van der Waals surface area contributed by atoms with Crippen LogP contribution < -0.4 is 20.9 Å². The largest absolute Gasteiger partial charge is 0.481 e. The zero-order valence-electron chi connectivity index (χ0n) is 16.9. The van der Waals surface area contributed by atoms with Crippen LogP contribution in [0.4, 0.5) is 10.5 Å². The van der Waals surface area contributed by atoms with Crippen molar-refractivity contribution in [3.05, 3.63) is 59.2 Å². The van der Waals surface area contributed by atoms with Crippen molar-refractivity contribution in [3.8, 4) is 5.75 Å². The molecule has 0 aliphatic rings. The maximum absolute atomic E-state index is 12.3. The van der Waals surface area contributed by atoms with E-state index in [4.69, 9.17) is 9.47 Å². The summed E-state index contributed by atoms with van der Waals surface area (Å²) in [6, 6.07) is 11.8. The monoisotopic (exact) mass is 399 g/mol. The summed E-state index contributed by atoms with van der Waals surface area (Å²) in [6.07, 6.45) is -1.43. The van der Waals surface area contributed by atoms with Gasteiger partial charge in [-0.2, -0.15) is 0 Å². The minimum atomic E-state index is -0.812. The highest BCUT2D eigenvalue weighted by Gasteiger charge is 2.17. The molecule has 0 saturated carbocycles. The Balaban J connectivity index is 1.91. The number of hydrogen-bond donors (Lipinski definition) is 3. The van der Waals surface area contributed by atoms with Gasteiger partial charge < -0.3 is 9.47 Å². The molecule has 2 rings (SSSR count). The molecule has 29 heavy (non-hydrogen) atoms. The molecule has 0 aliphatic carbocycles. The average molecular weight is 399 g/mol. The van der Waals surface area contributed by atoms with Gasteiger partial charge in [-0.25, -0.2) is 4.79 Å². The quantitative estimate of drug-likeness (QED) is 0.647. The second-order valence-electron chi connectivity index (χ2n) is 6.33. The molecule has 0 heterocycles. The number of anilines is 1. The van der Waals surface area contributed by atoms with E-state index in [9.17, 15) is 14.4 Å². The molecule has 8 heteroatoms. The number of aryl methyl sites for hydroxylation is 1. The second kappa shape index (κ2) is 10.1. The Labute approximate surface area is 169 Å². The summed E-state index contributed by atoms with van der Waals surface area (Å²) in [5, 5.41) is 2.51.